The number of hydrogen-bond acceptors (Lipinski definition) is 6. The largest absolute Gasteiger partial charge is 0.394 e. The van der Waals surface area contributed by atoms with Gasteiger partial charge in [0.25, 0.3) is 0 Å². The summed E-state index contributed by atoms with van der Waals surface area (Å²) in [6.45, 7) is 3.30. The highest BCUT2D eigenvalue weighted by molar-refractivity contribution is 5.55. The average molecular weight is 226 g/mol. The normalized spacial score (nSPS) is 11.5. The maximum absolute atomic E-state index is 9.30. The molecule has 1 aromatic rings. The Bertz CT molecular complexity index is 344. The standard InChI is InChI=1S/C10H18N4O2/c1-3-10(4-15,5-16)14-9-7(2)8(11)12-6-13-9/h6,15-16H,3-5H2,1-2H3,(H3,11,12,13,14). The highest BCUT2D eigenvalue weighted by Gasteiger charge is 2.27. The molecule has 1 aromatic heterocycles. The lowest BCUT2D eigenvalue weighted by molar-refractivity contribution is 0.132. The SMILES string of the molecule is CCC(CO)(CO)Nc1ncnc(N)c1C. The van der Waals surface area contributed by atoms with Gasteiger partial charge in [-0.15, -0.1) is 0 Å². The quantitative estimate of drug-likeness (QED) is 0.559. The number of rotatable bonds is 5. The first-order valence-electron chi connectivity index (χ1n) is 5.15. The molecule has 0 saturated heterocycles. The topological polar surface area (TPSA) is 104 Å². The van der Waals surface area contributed by atoms with E-state index in [-0.39, 0.29) is 13.2 Å². The van der Waals surface area contributed by atoms with Gasteiger partial charge in [-0.05, 0) is 13.3 Å². The molecule has 16 heavy (non-hydrogen) atoms. The van der Waals surface area contributed by atoms with E-state index in [0.717, 1.165) is 0 Å². The van der Waals surface area contributed by atoms with Crippen LogP contribution in [0.15, 0.2) is 6.33 Å². The van der Waals surface area contributed by atoms with Crippen molar-refractivity contribution >= 4 is 11.6 Å². The fourth-order valence-corrected chi connectivity index (χ4v) is 1.28. The number of nitrogen functional groups attached to an aromatic ring is 1. The van der Waals surface area contributed by atoms with Gasteiger partial charge >= 0.3 is 0 Å². The summed E-state index contributed by atoms with van der Waals surface area (Å²) in [5.41, 5.74) is 5.59. The van der Waals surface area contributed by atoms with Gasteiger partial charge < -0.3 is 21.3 Å². The van der Waals surface area contributed by atoms with Gasteiger partial charge in [0, 0.05) is 5.56 Å². The maximum atomic E-state index is 9.30. The van der Waals surface area contributed by atoms with Gasteiger partial charge in [0.2, 0.25) is 0 Å². The summed E-state index contributed by atoms with van der Waals surface area (Å²) in [5.74, 6) is 0.927. The van der Waals surface area contributed by atoms with Gasteiger partial charge in [0.05, 0.1) is 18.8 Å². The molecule has 0 radical (unpaired) electrons. The molecule has 0 aliphatic heterocycles. The molecule has 0 aliphatic carbocycles. The minimum Gasteiger partial charge on any atom is -0.394 e. The molecular weight excluding hydrogens is 208 g/mol. The van der Waals surface area contributed by atoms with Crippen LogP contribution in [0.3, 0.4) is 0 Å². The van der Waals surface area contributed by atoms with Crippen molar-refractivity contribution in [1.29, 1.82) is 0 Å². The lowest BCUT2D eigenvalue weighted by Gasteiger charge is -2.30. The summed E-state index contributed by atoms with van der Waals surface area (Å²) in [6.07, 6.45) is 1.92. The molecular formula is C10H18N4O2. The smallest absolute Gasteiger partial charge is 0.135 e. The zero-order chi connectivity index (χ0) is 12.2. The predicted molar refractivity (Wildman–Crippen MR) is 62.0 cm³/mol. The van der Waals surface area contributed by atoms with Gasteiger partial charge in [0.1, 0.15) is 18.0 Å². The highest BCUT2D eigenvalue weighted by atomic mass is 16.3. The van der Waals surface area contributed by atoms with E-state index >= 15 is 0 Å². The number of nitrogens with zero attached hydrogens (tertiary/aromatic N) is 2. The Balaban J connectivity index is 2.98. The predicted octanol–water partition coefficient (Wildman–Crippen LogP) is -0.0875. The van der Waals surface area contributed by atoms with Crippen molar-refractivity contribution in [1.82, 2.24) is 9.97 Å². The van der Waals surface area contributed by atoms with Crippen LogP contribution < -0.4 is 11.1 Å². The van der Waals surface area contributed by atoms with Crippen LogP contribution in [0.5, 0.6) is 0 Å². The van der Waals surface area contributed by atoms with Crippen LogP contribution in [0.25, 0.3) is 0 Å². The third-order valence-electron chi connectivity index (χ3n) is 2.79. The summed E-state index contributed by atoms with van der Waals surface area (Å²) in [5, 5.41) is 21.6. The van der Waals surface area contributed by atoms with E-state index < -0.39 is 5.54 Å². The molecule has 0 atom stereocenters. The van der Waals surface area contributed by atoms with Gasteiger partial charge in [-0.3, -0.25) is 0 Å². The molecule has 90 valence electrons. The zero-order valence-electron chi connectivity index (χ0n) is 9.56. The van der Waals surface area contributed by atoms with E-state index in [1.54, 1.807) is 6.92 Å². The second-order valence-electron chi connectivity index (χ2n) is 3.81. The van der Waals surface area contributed by atoms with Crippen LogP contribution in [-0.2, 0) is 0 Å². The third kappa shape index (κ3) is 2.40. The molecule has 1 heterocycles. The number of aromatic nitrogens is 2. The molecule has 0 spiro atoms. The molecule has 5 N–H and O–H groups in total. The van der Waals surface area contributed by atoms with Crippen molar-refractivity contribution in [2.45, 2.75) is 25.8 Å². The molecule has 6 heteroatoms. The number of aliphatic hydroxyl groups is 2. The van der Waals surface area contributed by atoms with Crippen LogP contribution in [0, 0.1) is 6.92 Å². The van der Waals surface area contributed by atoms with E-state index in [4.69, 9.17) is 5.73 Å². The van der Waals surface area contributed by atoms with Crippen molar-refractivity contribution in [2.75, 3.05) is 24.3 Å². The monoisotopic (exact) mass is 226 g/mol. The Morgan fingerprint density at radius 2 is 2.00 bits per heavy atom. The van der Waals surface area contributed by atoms with Crippen molar-refractivity contribution < 1.29 is 10.2 Å². The van der Waals surface area contributed by atoms with Crippen molar-refractivity contribution in [3.8, 4) is 0 Å². The van der Waals surface area contributed by atoms with Crippen LogP contribution >= 0.6 is 0 Å². The first-order valence-corrected chi connectivity index (χ1v) is 5.15. The highest BCUT2D eigenvalue weighted by Crippen LogP contribution is 2.21. The van der Waals surface area contributed by atoms with Gasteiger partial charge in [0.15, 0.2) is 0 Å². The van der Waals surface area contributed by atoms with E-state index in [1.807, 2.05) is 6.92 Å². The Kier molecular flexibility index (Phi) is 4.03. The molecule has 0 saturated carbocycles. The third-order valence-corrected chi connectivity index (χ3v) is 2.79. The second kappa shape index (κ2) is 5.09. The van der Waals surface area contributed by atoms with Crippen LogP contribution in [0.4, 0.5) is 11.6 Å². The van der Waals surface area contributed by atoms with Crippen LogP contribution in [0.1, 0.15) is 18.9 Å². The van der Waals surface area contributed by atoms with E-state index in [1.165, 1.54) is 6.33 Å². The van der Waals surface area contributed by atoms with Gasteiger partial charge in [-0.25, -0.2) is 9.97 Å². The molecule has 0 aromatic carbocycles. The zero-order valence-corrected chi connectivity index (χ0v) is 9.56. The molecule has 0 aliphatic rings. The molecule has 1 rings (SSSR count). The minimum absolute atomic E-state index is 0.177. The lowest BCUT2D eigenvalue weighted by atomic mass is 9.98. The summed E-state index contributed by atoms with van der Waals surface area (Å²) >= 11 is 0. The van der Waals surface area contributed by atoms with E-state index in [2.05, 4.69) is 15.3 Å². The Morgan fingerprint density at radius 3 is 2.50 bits per heavy atom. The number of anilines is 2. The van der Waals surface area contributed by atoms with Gasteiger partial charge in [-0.2, -0.15) is 0 Å². The summed E-state index contributed by atoms with van der Waals surface area (Å²) in [6, 6.07) is 0. The molecule has 0 fully saturated rings. The Labute approximate surface area is 94.5 Å². The van der Waals surface area contributed by atoms with Crippen molar-refractivity contribution in [3.05, 3.63) is 11.9 Å². The number of aliphatic hydroxyl groups excluding tert-OH is 2. The Hall–Kier alpha value is -1.40. The van der Waals surface area contributed by atoms with Crippen molar-refractivity contribution in [3.63, 3.8) is 0 Å². The van der Waals surface area contributed by atoms with Crippen molar-refractivity contribution in [2.24, 2.45) is 0 Å². The minimum atomic E-state index is -0.772. The molecule has 0 bridgehead atoms. The van der Waals surface area contributed by atoms with E-state index in [0.29, 0.717) is 23.6 Å². The molecule has 6 nitrogen and oxygen atoms in total. The number of hydrogen-bond donors (Lipinski definition) is 4. The maximum Gasteiger partial charge on any atom is 0.135 e. The van der Waals surface area contributed by atoms with Crippen LogP contribution in [0.2, 0.25) is 0 Å². The number of nitrogens with one attached hydrogen (secondary N) is 1. The molecule has 0 unspecified atom stereocenters. The summed E-state index contributed by atoms with van der Waals surface area (Å²) in [7, 11) is 0. The van der Waals surface area contributed by atoms with Crippen LogP contribution in [-0.4, -0.2) is 38.9 Å². The fraction of sp³-hybridized carbons (Fsp3) is 0.600. The first kappa shape index (κ1) is 12.7. The molecule has 0 amide bonds. The van der Waals surface area contributed by atoms with Gasteiger partial charge in [-0.1, -0.05) is 6.92 Å². The fourth-order valence-electron chi connectivity index (χ4n) is 1.28. The number of nitrogens with two attached hydrogens (primary N) is 1. The Morgan fingerprint density at radius 1 is 1.38 bits per heavy atom. The first-order chi connectivity index (χ1) is 7.58. The average Bonchev–Trinajstić information content (AvgIpc) is 2.32. The summed E-state index contributed by atoms with van der Waals surface area (Å²) in [4.78, 5) is 7.89. The second-order valence-corrected chi connectivity index (χ2v) is 3.81. The summed E-state index contributed by atoms with van der Waals surface area (Å²) < 4.78 is 0. The lowest BCUT2D eigenvalue weighted by Crippen LogP contribution is -2.45. The van der Waals surface area contributed by atoms with E-state index in [9.17, 15) is 10.2 Å².